The largest absolute Gasteiger partial charge is 0.466 e. The van der Waals surface area contributed by atoms with Gasteiger partial charge in [0.15, 0.2) is 5.17 Å². The Balaban J connectivity index is 1.90. The van der Waals surface area contributed by atoms with E-state index in [2.05, 4.69) is 9.73 Å². The molecule has 0 aliphatic carbocycles. The van der Waals surface area contributed by atoms with E-state index in [1.54, 1.807) is 0 Å². The number of methoxy groups -OCH3 is 1. The third-order valence-electron chi connectivity index (χ3n) is 3.93. The summed E-state index contributed by atoms with van der Waals surface area (Å²) >= 11 is 6.88. The zero-order valence-corrected chi connectivity index (χ0v) is 16.5. The number of amides is 1. The van der Waals surface area contributed by atoms with Gasteiger partial charge in [-0.1, -0.05) is 41.9 Å². The highest BCUT2D eigenvalue weighted by Gasteiger charge is 2.33. The van der Waals surface area contributed by atoms with Crippen molar-refractivity contribution in [1.29, 1.82) is 0 Å². The summed E-state index contributed by atoms with van der Waals surface area (Å²) in [5.41, 5.74) is 1.47. The van der Waals surface area contributed by atoms with Gasteiger partial charge in [-0.05, 0) is 41.9 Å². The second kappa shape index (κ2) is 9.03. The number of nitrogens with zero attached hydrogens (tertiary/aromatic N) is 2. The second-order valence-corrected chi connectivity index (χ2v) is 7.24. The minimum atomic E-state index is -0.620. The first kappa shape index (κ1) is 20.1. The van der Waals surface area contributed by atoms with E-state index in [4.69, 9.17) is 11.6 Å². The molecule has 0 N–H and O–H groups in total. The van der Waals surface area contributed by atoms with Crippen molar-refractivity contribution < 1.29 is 18.7 Å². The minimum Gasteiger partial charge on any atom is -0.466 e. The summed E-state index contributed by atoms with van der Waals surface area (Å²) in [4.78, 5) is 30.5. The van der Waals surface area contributed by atoms with Gasteiger partial charge in [0, 0.05) is 12.6 Å². The number of benzene rings is 2. The lowest BCUT2D eigenvalue weighted by atomic mass is 10.1. The fourth-order valence-electron chi connectivity index (χ4n) is 2.51. The average Bonchev–Trinajstić information content (AvgIpc) is 2.98. The number of esters is 1. The summed E-state index contributed by atoms with van der Waals surface area (Å²) in [6.07, 6.45) is 1.75. The number of amidine groups is 1. The van der Waals surface area contributed by atoms with Crippen LogP contribution in [-0.2, 0) is 20.7 Å². The van der Waals surface area contributed by atoms with E-state index >= 15 is 0 Å². The van der Waals surface area contributed by atoms with Gasteiger partial charge in [-0.3, -0.25) is 9.69 Å². The average molecular weight is 419 g/mol. The first-order chi connectivity index (χ1) is 13.5. The lowest BCUT2D eigenvalue weighted by molar-refractivity contribution is -0.135. The number of thioether (sulfide) groups is 1. The van der Waals surface area contributed by atoms with Crippen molar-refractivity contribution in [2.24, 2.45) is 4.99 Å². The van der Waals surface area contributed by atoms with Gasteiger partial charge in [0.25, 0.3) is 5.91 Å². The van der Waals surface area contributed by atoms with E-state index in [1.807, 2.05) is 30.3 Å². The van der Waals surface area contributed by atoms with Crippen LogP contribution in [0, 0.1) is 5.82 Å². The van der Waals surface area contributed by atoms with Crippen molar-refractivity contribution in [2.45, 2.75) is 6.42 Å². The molecule has 144 valence electrons. The molecule has 28 heavy (non-hydrogen) atoms. The monoisotopic (exact) mass is 418 g/mol. The molecule has 2 aromatic carbocycles. The second-order valence-electron chi connectivity index (χ2n) is 5.82. The summed E-state index contributed by atoms with van der Waals surface area (Å²) in [5, 5.41) is 0.330. The SMILES string of the molecule is COC(=O)/C=C1\SC(=Nc2ccc(F)c(Cl)c2)N(CCc2ccccc2)C1=O. The predicted molar refractivity (Wildman–Crippen MR) is 108 cm³/mol. The molecule has 1 aliphatic rings. The van der Waals surface area contributed by atoms with E-state index in [0.29, 0.717) is 23.8 Å². The van der Waals surface area contributed by atoms with E-state index in [-0.39, 0.29) is 15.8 Å². The number of ether oxygens (including phenoxy) is 1. The molecule has 8 heteroatoms. The van der Waals surface area contributed by atoms with Gasteiger partial charge in [-0.25, -0.2) is 14.2 Å². The molecule has 1 saturated heterocycles. The van der Waals surface area contributed by atoms with E-state index in [9.17, 15) is 14.0 Å². The van der Waals surface area contributed by atoms with Crippen LogP contribution in [0.2, 0.25) is 5.02 Å². The molecule has 0 aromatic heterocycles. The van der Waals surface area contributed by atoms with Crippen LogP contribution in [0.3, 0.4) is 0 Å². The molecule has 1 amide bonds. The number of rotatable bonds is 5. The molecule has 0 saturated carbocycles. The quantitative estimate of drug-likeness (QED) is 0.535. The molecule has 0 spiro atoms. The summed E-state index contributed by atoms with van der Waals surface area (Å²) in [5.74, 6) is -1.50. The van der Waals surface area contributed by atoms with E-state index < -0.39 is 11.8 Å². The maximum atomic E-state index is 13.4. The number of hydrogen-bond acceptors (Lipinski definition) is 5. The summed E-state index contributed by atoms with van der Waals surface area (Å²) < 4.78 is 18.0. The fourth-order valence-corrected chi connectivity index (χ4v) is 3.66. The Morgan fingerprint density at radius 3 is 2.71 bits per heavy atom. The maximum Gasteiger partial charge on any atom is 0.331 e. The Morgan fingerprint density at radius 1 is 1.29 bits per heavy atom. The van der Waals surface area contributed by atoms with E-state index in [0.717, 1.165) is 23.4 Å². The molecule has 1 heterocycles. The molecule has 0 unspecified atom stereocenters. The van der Waals surface area contributed by atoms with Gasteiger partial charge in [-0.15, -0.1) is 0 Å². The normalized spacial score (nSPS) is 16.8. The summed E-state index contributed by atoms with van der Waals surface area (Å²) in [6, 6.07) is 13.8. The molecular weight excluding hydrogens is 403 g/mol. The van der Waals surface area contributed by atoms with Crippen molar-refractivity contribution in [3.8, 4) is 0 Å². The summed E-state index contributed by atoms with van der Waals surface area (Å²) in [6.45, 7) is 0.377. The fraction of sp³-hybridized carbons (Fsp3) is 0.150. The molecule has 1 aliphatic heterocycles. The van der Waals surface area contributed by atoms with Gasteiger partial charge < -0.3 is 4.74 Å². The van der Waals surface area contributed by atoms with Crippen molar-refractivity contribution >= 4 is 46.1 Å². The Bertz CT molecular complexity index is 963. The Labute approximate surface area is 170 Å². The van der Waals surface area contributed by atoms with Crippen LogP contribution >= 0.6 is 23.4 Å². The van der Waals surface area contributed by atoms with Gasteiger partial charge >= 0.3 is 5.97 Å². The van der Waals surface area contributed by atoms with Gasteiger partial charge in [0.2, 0.25) is 0 Å². The van der Waals surface area contributed by atoms with Crippen molar-refractivity contribution in [3.05, 3.63) is 75.9 Å². The number of halogens is 2. The predicted octanol–water partition coefficient (Wildman–Crippen LogP) is 4.34. The van der Waals surface area contributed by atoms with Crippen LogP contribution in [0.1, 0.15) is 5.56 Å². The number of carbonyl (C=O) groups excluding carboxylic acids is 2. The number of aliphatic imine (C=N–C) groups is 1. The smallest absolute Gasteiger partial charge is 0.331 e. The van der Waals surface area contributed by atoms with Crippen LogP contribution in [-0.4, -0.2) is 35.6 Å². The van der Waals surface area contributed by atoms with Gasteiger partial charge in [0.1, 0.15) is 5.82 Å². The molecule has 0 bridgehead atoms. The van der Waals surface area contributed by atoms with Crippen LogP contribution in [0.4, 0.5) is 10.1 Å². The number of carbonyl (C=O) groups is 2. The third kappa shape index (κ3) is 4.79. The lowest BCUT2D eigenvalue weighted by Crippen LogP contribution is -2.31. The third-order valence-corrected chi connectivity index (χ3v) is 5.23. The molecular formula is C20H16ClFN2O3S. The van der Waals surface area contributed by atoms with E-state index in [1.165, 1.54) is 30.2 Å². The number of hydrogen-bond donors (Lipinski definition) is 0. The molecule has 1 fully saturated rings. The topological polar surface area (TPSA) is 59.0 Å². The highest BCUT2D eigenvalue weighted by atomic mass is 35.5. The van der Waals surface area contributed by atoms with Crippen LogP contribution < -0.4 is 0 Å². The maximum absolute atomic E-state index is 13.4. The molecule has 2 aromatic rings. The molecule has 5 nitrogen and oxygen atoms in total. The highest BCUT2D eigenvalue weighted by molar-refractivity contribution is 8.18. The zero-order valence-electron chi connectivity index (χ0n) is 14.9. The van der Waals surface area contributed by atoms with Crippen molar-refractivity contribution in [1.82, 2.24) is 4.90 Å². The molecule has 3 rings (SSSR count). The zero-order chi connectivity index (χ0) is 20.1. The summed E-state index contributed by atoms with van der Waals surface area (Å²) in [7, 11) is 1.24. The first-order valence-corrected chi connectivity index (χ1v) is 9.54. The van der Waals surface area contributed by atoms with Crippen LogP contribution in [0.25, 0.3) is 0 Å². The Hall–Kier alpha value is -2.64. The molecule has 0 atom stereocenters. The molecule has 0 radical (unpaired) electrons. The Kier molecular flexibility index (Phi) is 6.49. The Morgan fingerprint density at radius 2 is 2.04 bits per heavy atom. The minimum absolute atomic E-state index is 0.0580. The van der Waals surface area contributed by atoms with Crippen LogP contribution in [0.5, 0.6) is 0 Å². The first-order valence-electron chi connectivity index (χ1n) is 8.35. The van der Waals surface area contributed by atoms with Gasteiger partial charge in [-0.2, -0.15) is 0 Å². The van der Waals surface area contributed by atoms with Gasteiger partial charge in [0.05, 0.1) is 22.7 Å². The van der Waals surface area contributed by atoms with Crippen molar-refractivity contribution in [3.63, 3.8) is 0 Å². The standard InChI is InChI=1S/C20H16ClFN2O3S/c1-27-18(25)12-17-19(26)24(10-9-13-5-3-2-4-6-13)20(28-17)23-14-7-8-16(22)15(21)11-14/h2-8,11-12H,9-10H2,1H3/b17-12-,23-20?. The highest BCUT2D eigenvalue weighted by Crippen LogP contribution is 2.33. The lowest BCUT2D eigenvalue weighted by Gasteiger charge is -2.15. The van der Waals surface area contributed by atoms with Crippen LogP contribution in [0.15, 0.2) is 64.5 Å². The van der Waals surface area contributed by atoms with Crippen molar-refractivity contribution in [2.75, 3.05) is 13.7 Å².